The van der Waals surface area contributed by atoms with Gasteiger partial charge in [-0.1, -0.05) is 46.0 Å². The maximum atomic E-state index is 6.00. The van der Waals surface area contributed by atoms with E-state index in [1.807, 2.05) is 0 Å². The molecule has 1 fully saturated rings. The van der Waals surface area contributed by atoms with Gasteiger partial charge in [0.25, 0.3) is 0 Å². The Labute approximate surface area is 69.2 Å². The highest BCUT2D eigenvalue weighted by molar-refractivity contribution is 4.67. The zero-order valence-corrected chi connectivity index (χ0v) is 7.58. The van der Waals surface area contributed by atoms with Gasteiger partial charge in [-0.25, -0.2) is 0 Å². The average Bonchev–Trinajstić information content (AvgIpc) is 2.10. The predicted molar refractivity (Wildman–Crippen MR) is 46.7 cm³/mol. The number of hydrogen-bond donors (Lipinski definition) is 2. The van der Waals surface area contributed by atoms with Crippen LogP contribution < -0.4 is 0 Å². The van der Waals surface area contributed by atoms with Crippen LogP contribution in [0.5, 0.6) is 0 Å². The van der Waals surface area contributed by atoms with Crippen molar-refractivity contribution in [3.63, 3.8) is 0 Å². The van der Waals surface area contributed by atoms with Gasteiger partial charge < -0.3 is 0 Å². The van der Waals surface area contributed by atoms with Gasteiger partial charge in [0, 0.05) is 0 Å². The van der Waals surface area contributed by atoms with Crippen molar-refractivity contribution < 1.29 is 10.5 Å². The van der Waals surface area contributed by atoms with Crippen LogP contribution in [0.25, 0.3) is 0 Å². The van der Waals surface area contributed by atoms with Crippen LogP contribution in [0.3, 0.4) is 0 Å². The lowest BCUT2D eigenvalue weighted by Crippen LogP contribution is -2.12. The lowest BCUT2D eigenvalue weighted by atomic mass is 9.82. The molecule has 0 aromatic carbocycles. The van der Waals surface area contributed by atoms with Gasteiger partial charge in [0.15, 0.2) is 0 Å². The van der Waals surface area contributed by atoms with Gasteiger partial charge in [0.2, 0.25) is 0 Å². The standard InChI is InChI=1S/C9H18.H2O2/c1-8(2)9-6-4-3-5-7-9;1-2/h8-9H,3-7H2,1-2H3;1-2H. The van der Waals surface area contributed by atoms with Crippen molar-refractivity contribution in [2.24, 2.45) is 11.8 Å². The summed E-state index contributed by atoms with van der Waals surface area (Å²) < 4.78 is 0. The second-order valence-corrected chi connectivity index (χ2v) is 3.64. The number of rotatable bonds is 1. The summed E-state index contributed by atoms with van der Waals surface area (Å²) in [4.78, 5) is 0. The Kier molecular flexibility index (Phi) is 6.57. The Morgan fingerprint density at radius 1 is 1.00 bits per heavy atom. The molecule has 0 spiro atoms. The van der Waals surface area contributed by atoms with Crippen molar-refractivity contribution in [1.29, 1.82) is 0 Å². The van der Waals surface area contributed by atoms with E-state index >= 15 is 0 Å². The molecule has 11 heavy (non-hydrogen) atoms. The highest BCUT2D eigenvalue weighted by Gasteiger charge is 2.15. The molecule has 0 saturated heterocycles. The van der Waals surface area contributed by atoms with E-state index in [9.17, 15) is 0 Å². The third kappa shape index (κ3) is 4.38. The van der Waals surface area contributed by atoms with Gasteiger partial charge in [-0.2, -0.15) is 0 Å². The molecule has 0 radical (unpaired) electrons. The van der Waals surface area contributed by atoms with Crippen molar-refractivity contribution in [1.82, 2.24) is 0 Å². The van der Waals surface area contributed by atoms with E-state index < -0.39 is 0 Å². The van der Waals surface area contributed by atoms with E-state index in [1.165, 1.54) is 32.1 Å². The molecule has 0 heterocycles. The summed E-state index contributed by atoms with van der Waals surface area (Å²) in [7, 11) is 0. The summed E-state index contributed by atoms with van der Waals surface area (Å²) in [5.41, 5.74) is 0. The third-order valence-corrected chi connectivity index (χ3v) is 2.59. The monoisotopic (exact) mass is 160 g/mol. The molecule has 2 nitrogen and oxygen atoms in total. The molecule has 1 aliphatic rings. The van der Waals surface area contributed by atoms with Crippen molar-refractivity contribution >= 4 is 0 Å². The Hall–Kier alpha value is -0.0800. The highest BCUT2D eigenvalue weighted by Crippen LogP contribution is 2.29. The predicted octanol–water partition coefficient (Wildman–Crippen LogP) is 3.24. The molecular formula is C9H20O2. The molecule has 1 aliphatic carbocycles. The summed E-state index contributed by atoms with van der Waals surface area (Å²) >= 11 is 0. The van der Waals surface area contributed by atoms with Crippen LogP contribution >= 0.6 is 0 Å². The van der Waals surface area contributed by atoms with Crippen LogP contribution in [0, 0.1) is 11.8 Å². The van der Waals surface area contributed by atoms with Crippen LogP contribution in [-0.4, -0.2) is 10.5 Å². The van der Waals surface area contributed by atoms with E-state index in [0.29, 0.717) is 0 Å². The van der Waals surface area contributed by atoms with E-state index in [1.54, 1.807) is 0 Å². The minimum atomic E-state index is 0.935. The minimum Gasteiger partial charge on any atom is -0.255 e. The third-order valence-electron chi connectivity index (χ3n) is 2.59. The molecule has 2 N–H and O–H groups in total. The fourth-order valence-corrected chi connectivity index (χ4v) is 1.80. The van der Waals surface area contributed by atoms with Crippen LogP contribution in [0.15, 0.2) is 0 Å². The first-order chi connectivity index (χ1) is 5.30. The van der Waals surface area contributed by atoms with Gasteiger partial charge in [-0.05, 0) is 11.8 Å². The fraction of sp³-hybridized carbons (Fsp3) is 1.00. The molecule has 1 saturated carbocycles. The molecule has 0 unspecified atom stereocenters. The van der Waals surface area contributed by atoms with Crippen molar-refractivity contribution in [3.05, 3.63) is 0 Å². The lowest BCUT2D eigenvalue weighted by Gasteiger charge is -2.24. The van der Waals surface area contributed by atoms with Crippen LogP contribution in [-0.2, 0) is 0 Å². The molecular weight excluding hydrogens is 140 g/mol. The molecule has 2 heteroatoms. The maximum Gasteiger partial charge on any atom is -0.0391 e. The van der Waals surface area contributed by atoms with Gasteiger partial charge in [-0.15, -0.1) is 0 Å². The molecule has 68 valence electrons. The van der Waals surface area contributed by atoms with Crippen LogP contribution in [0.4, 0.5) is 0 Å². The Bertz CT molecular complexity index is 75.6. The lowest BCUT2D eigenvalue weighted by molar-refractivity contribution is -0.176. The van der Waals surface area contributed by atoms with Crippen molar-refractivity contribution in [2.75, 3.05) is 0 Å². The average molecular weight is 160 g/mol. The highest BCUT2D eigenvalue weighted by atomic mass is 17.0. The minimum absolute atomic E-state index is 0.935. The SMILES string of the molecule is CC(C)C1CCCCC1.OO. The van der Waals surface area contributed by atoms with E-state index in [0.717, 1.165) is 11.8 Å². The molecule has 0 aromatic heterocycles. The van der Waals surface area contributed by atoms with E-state index in [-0.39, 0.29) is 0 Å². The number of hydrogen-bond acceptors (Lipinski definition) is 2. The van der Waals surface area contributed by atoms with Gasteiger partial charge in [0.1, 0.15) is 0 Å². The Balaban J connectivity index is 0.000000461. The van der Waals surface area contributed by atoms with Crippen LogP contribution in [0.2, 0.25) is 0 Å². The summed E-state index contributed by atoms with van der Waals surface area (Å²) in [5, 5.41) is 12.0. The van der Waals surface area contributed by atoms with Crippen LogP contribution in [0.1, 0.15) is 46.0 Å². The van der Waals surface area contributed by atoms with E-state index in [4.69, 9.17) is 10.5 Å². The summed E-state index contributed by atoms with van der Waals surface area (Å²) in [6, 6.07) is 0. The first kappa shape index (κ1) is 10.9. The Morgan fingerprint density at radius 2 is 1.45 bits per heavy atom. The van der Waals surface area contributed by atoms with Crippen molar-refractivity contribution in [3.8, 4) is 0 Å². The second-order valence-electron chi connectivity index (χ2n) is 3.64. The first-order valence-corrected chi connectivity index (χ1v) is 4.50. The van der Waals surface area contributed by atoms with Crippen molar-refractivity contribution in [2.45, 2.75) is 46.0 Å². The fourth-order valence-electron chi connectivity index (χ4n) is 1.80. The first-order valence-electron chi connectivity index (χ1n) is 4.50. The van der Waals surface area contributed by atoms with Gasteiger partial charge in [0.05, 0.1) is 0 Å². The zero-order chi connectivity index (χ0) is 8.69. The van der Waals surface area contributed by atoms with E-state index in [2.05, 4.69) is 13.8 Å². The largest absolute Gasteiger partial charge is 0.255 e. The normalized spacial score (nSPS) is 19.4. The topological polar surface area (TPSA) is 40.5 Å². The van der Waals surface area contributed by atoms with Gasteiger partial charge in [-0.3, -0.25) is 10.5 Å². The smallest absolute Gasteiger partial charge is 0.0391 e. The summed E-state index contributed by atoms with van der Waals surface area (Å²) in [6.45, 7) is 4.71. The second kappa shape index (κ2) is 6.62. The summed E-state index contributed by atoms with van der Waals surface area (Å²) in [5.74, 6) is 1.99. The molecule has 0 bridgehead atoms. The van der Waals surface area contributed by atoms with Gasteiger partial charge >= 0.3 is 0 Å². The molecule has 0 aromatic rings. The quantitative estimate of drug-likeness (QED) is 0.456. The molecule has 1 rings (SSSR count). The Morgan fingerprint density at radius 3 is 1.73 bits per heavy atom. The summed E-state index contributed by atoms with van der Waals surface area (Å²) in [6.07, 6.45) is 7.46. The zero-order valence-electron chi connectivity index (χ0n) is 7.58. The molecule has 0 atom stereocenters. The maximum absolute atomic E-state index is 6.00. The molecule has 0 amide bonds. The molecule has 0 aliphatic heterocycles.